The molecule has 0 radical (unpaired) electrons. The van der Waals surface area contributed by atoms with Gasteiger partial charge in [0.25, 0.3) is 5.56 Å². The maximum Gasteiger partial charge on any atom is 0.262 e. The van der Waals surface area contributed by atoms with Crippen molar-refractivity contribution in [2.75, 3.05) is 18.9 Å². The molecule has 0 bridgehead atoms. The third-order valence-electron chi connectivity index (χ3n) is 4.77. The van der Waals surface area contributed by atoms with Crippen LogP contribution in [0.2, 0.25) is 0 Å². The summed E-state index contributed by atoms with van der Waals surface area (Å²) >= 11 is 1.29. The maximum atomic E-state index is 13.0. The Labute approximate surface area is 187 Å². The van der Waals surface area contributed by atoms with Crippen LogP contribution in [0.3, 0.4) is 0 Å². The van der Waals surface area contributed by atoms with E-state index in [9.17, 15) is 9.59 Å². The Morgan fingerprint density at radius 2 is 2.00 bits per heavy atom. The summed E-state index contributed by atoms with van der Waals surface area (Å²) in [5.41, 5.74) is 1.73. The number of rotatable bonds is 10. The lowest BCUT2D eigenvalue weighted by Gasteiger charge is -2.14. The largest absolute Gasteiger partial charge is 0.492 e. The number of aromatic nitrogens is 2. The van der Waals surface area contributed by atoms with Crippen molar-refractivity contribution in [3.05, 3.63) is 64.4 Å². The van der Waals surface area contributed by atoms with E-state index in [1.54, 1.807) is 10.6 Å². The van der Waals surface area contributed by atoms with Crippen LogP contribution in [-0.4, -0.2) is 34.4 Å². The molecule has 3 rings (SSSR count). The van der Waals surface area contributed by atoms with Crippen molar-refractivity contribution in [1.82, 2.24) is 14.9 Å². The molecule has 6 nitrogen and oxygen atoms in total. The number of thioether (sulfide) groups is 1. The number of carbonyl (C=O) groups excluding carboxylic acids is 1. The molecule has 0 saturated carbocycles. The van der Waals surface area contributed by atoms with Gasteiger partial charge in [-0.15, -0.1) is 0 Å². The molecule has 1 amide bonds. The van der Waals surface area contributed by atoms with Gasteiger partial charge in [0.1, 0.15) is 12.4 Å². The first-order chi connectivity index (χ1) is 14.9. The number of amides is 1. The van der Waals surface area contributed by atoms with E-state index in [2.05, 4.69) is 24.1 Å². The fraction of sp³-hybridized carbons (Fsp3) is 0.375. The molecule has 0 aliphatic carbocycles. The van der Waals surface area contributed by atoms with Crippen LogP contribution < -0.4 is 15.6 Å². The zero-order chi connectivity index (χ0) is 22.2. The molecule has 31 heavy (non-hydrogen) atoms. The maximum absolute atomic E-state index is 13.0. The third kappa shape index (κ3) is 6.59. The number of carbonyl (C=O) groups is 1. The summed E-state index contributed by atoms with van der Waals surface area (Å²) in [6.45, 7) is 7.65. The molecule has 0 unspecified atom stereocenters. The number of para-hydroxylation sites is 1. The van der Waals surface area contributed by atoms with Gasteiger partial charge in [0.05, 0.1) is 23.2 Å². The molecule has 0 aliphatic heterocycles. The Balaban J connectivity index is 1.59. The van der Waals surface area contributed by atoms with Gasteiger partial charge in [-0.05, 0) is 49.1 Å². The predicted molar refractivity (Wildman–Crippen MR) is 126 cm³/mol. The van der Waals surface area contributed by atoms with Crippen molar-refractivity contribution >= 4 is 28.6 Å². The minimum atomic E-state index is -0.115. The van der Waals surface area contributed by atoms with Crippen LogP contribution in [0.25, 0.3) is 10.9 Å². The molecule has 0 fully saturated rings. The normalized spacial score (nSPS) is 11.1. The minimum Gasteiger partial charge on any atom is -0.492 e. The lowest BCUT2D eigenvalue weighted by molar-refractivity contribution is -0.118. The molecule has 0 saturated heterocycles. The van der Waals surface area contributed by atoms with Crippen LogP contribution >= 0.6 is 11.8 Å². The van der Waals surface area contributed by atoms with Gasteiger partial charge in [-0.2, -0.15) is 0 Å². The van der Waals surface area contributed by atoms with E-state index in [-0.39, 0.29) is 17.2 Å². The minimum absolute atomic E-state index is 0.0549. The van der Waals surface area contributed by atoms with E-state index >= 15 is 0 Å². The highest BCUT2D eigenvalue weighted by atomic mass is 32.2. The Morgan fingerprint density at radius 1 is 1.19 bits per heavy atom. The topological polar surface area (TPSA) is 73.2 Å². The summed E-state index contributed by atoms with van der Waals surface area (Å²) in [4.78, 5) is 29.9. The second-order valence-corrected chi connectivity index (χ2v) is 8.80. The zero-order valence-corrected chi connectivity index (χ0v) is 19.1. The molecule has 3 aromatic rings. The lowest BCUT2D eigenvalue weighted by atomic mass is 10.1. The SMILES string of the molecule is Cc1cccc(OCCNC(=O)CSc2nc3ccccc3c(=O)n2CCC(C)C)c1. The van der Waals surface area contributed by atoms with Crippen molar-refractivity contribution in [1.29, 1.82) is 0 Å². The van der Waals surface area contributed by atoms with Crippen LogP contribution in [0, 0.1) is 12.8 Å². The van der Waals surface area contributed by atoms with E-state index in [1.165, 1.54) is 11.8 Å². The summed E-state index contributed by atoms with van der Waals surface area (Å²) in [5, 5.41) is 4.04. The summed E-state index contributed by atoms with van der Waals surface area (Å²) in [6, 6.07) is 15.1. The number of hydrogen-bond donors (Lipinski definition) is 1. The Morgan fingerprint density at radius 3 is 2.77 bits per heavy atom. The van der Waals surface area contributed by atoms with Gasteiger partial charge < -0.3 is 10.1 Å². The lowest BCUT2D eigenvalue weighted by Crippen LogP contribution is -2.30. The Bertz CT molecular complexity index is 1090. The van der Waals surface area contributed by atoms with Crippen LogP contribution in [0.4, 0.5) is 0 Å². The summed E-state index contributed by atoms with van der Waals surface area (Å²) in [5.74, 6) is 1.33. The standard InChI is InChI=1S/C24H29N3O3S/c1-17(2)11-13-27-23(29)20-9-4-5-10-21(20)26-24(27)31-16-22(28)25-12-14-30-19-8-6-7-18(3)15-19/h4-10,15,17H,11-14,16H2,1-3H3,(H,25,28). The molecule has 0 aliphatic rings. The first-order valence-corrected chi connectivity index (χ1v) is 11.5. The number of nitrogens with zero attached hydrogens (tertiary/aromatic N) is 2. The second kappa shape index (κ2) is 11.0. The molecule has 1 aromatic heterocycles. The first kappa shape index (κ1) is 22.9. The molecule has 164 valence electrons. The highest BCUT2D eigenvalue weighted by Crippen LogP contribution is 2.19. The highest BCUT2D eigenvalue weighted by molar-refractivity contribution is 7.99. The summed E-state index contributed by atoms with van der Waals surface area (Å²) in [7, 11) is 0. The van der Waals surface area contributed by atoms with Gasteiger partial charge in [0.15, 0.2) is 5.16 Å². The van der Waals surface area contributed by atoms with Gasteiger partial charge in [0, 0.05) is 6.54 Å². The van der Waals surface area contributed by atoms with Gasteiger partial charge in [-0.25, -0.2) is 4.98 Å². The molecular weight excluding hydrogens is 410 g/mol. The number of benzene rings is 2. The van der Waals surface area contributed by atoms with Gasteiger partial charge in [-0.3, -0.25) is 14.2 Å². The number of fused-ring (bicyclic) bond motifs is 1. The van der Waals surface area contributed by atoms with E-state index in [0.29, 0.717) is 41.7 Å². The van der Waals surface area contributed by atoms with Crippen LogP contribution in [-0.2, 0) is 11.3 Å². The highest BCUT2D eigenvalue weighted by Gasteiger charge is 2.13. The van der Waals surface area contributed by atoms with Gasteiger partial charge >= 0.3 is 0 Å². The fourth-order valence-electron chi connectivity index (χ4n) is 3.09. The molecule has 7 heteroatoms. The summed E-state index contributed by atoms with van der Waals surface area (Å²) in [6.07, 6.45) is 0.871. The molecule has 2 aromatic carbocycles. The fourth-order valence-corrected chi connectivity index (χ4v) is 3.94. The number of ether oxygens (including phenoxy) is 1. The van der Waals surface area contributed by atoms with Crippen LogP contribution in [0.1, 0.15) is 25.8 Å². The molecular formula is C24H29N3O3S. The average Bonchev–Trinajstić information content (AvgIpc) is 2.75. The number of aryl methyl sites for hydroxylation is 1. The van der Waals surface area contributed by atoms with Gasteiger partial charge in [-0.1, -0.05) is 49.9 Å². The second-order valence-electron chi connectivity index (χ2n) is 7.85. The van der Waals surface area contributed by atoms with Crippen molar-refractivity contribution in [2.24, 2.45) is 5.92 Å². The Hall–Kier alpha value is -2.80. The van der Waals surface area contributed by atoms with Crippen molar-refractivity contribution < 1.29 is 9.53 Å². The van der Waals surface area contributed by atoms with Crippen LogP contribution in [0.15, 0.2) is 58.5 Å². The average molecular weight is 440 g/mol. The molecule has 1 heterocycles. The predicted octanol–water partition coefficient (Wildman–Crippen LogP) is 4.04. The zero-order valence-electron chi connectivity index (χ0n) is 18.3. The summed E-state index contributed by atoms with van der Waals surface area (Å²) < 4.78 is 7.35. The van der Waals surface area contributed by atoms with E-state index < -0.39 is 0 Å². The van der Waals surface area contributed by atoms with Crippen molar-refractivity contribution in [3.8, 4) is 5.75 Å². The number of nitrogens with one attached hydrogen (secondary N) is 1. The first-order valence-electron chi connectivity index (χ1n) is 10.5. The van der Waals surface area contributed by atoms with Crippen LogP contribution in [0.5, 0.6) is 5.75 Å². The smallest absolute Gasteiger partial charge is 0.262 e. The van der Waals surface area contributed by atoms with E-state index in [0.717, 1.165) is 17.7 Å². The molecule has 1 N–H and O–H groups in total. The van der Waals surface area contributed by atoms with Gasteiger partial charge in [0.2, 0.25) is 5.91 Å². The quantitative estimate of drug-likeness (QED) is 0.293. The van der Waals surface area contributed by atoms with Crippen molar-refractivity contribution in [3.63, 3.8) is 0 Å². The monoisotopic (exact) mass is 439 g/mol. The molecule has 0 spiro atoms. The Kier molecular flexibility index (Phi) is 8.12. The van der Waals surface area contributed by atoms with E-state index in [4.69, 9.17) is 4.74 Å². The van der Waals surface area contributed by atoms with E-state index in [1.807, 2.05) is 49.4 Å². The third-order valence-corrected chi connectivity index (χ3v) is 5.75. The number of hydrogen-bond acceptors (Lipinski definition) is 5. The van der Waals surface area contributed by atoms with Crippen molar-refractivity contribution in [2.45, 2.75) is 38.9 Å². The molecule has 0 atom stereocenters.